The predicted molar refractivity (Wildman–Crippen MR) is 97.5 cm³/mol. The number of rotatable bonds is 5. The van der Waals surface area contributed by atoms with Gasteiger partial charge in [-0.2, -0.15) is 4.31 Å². The van der Waals surface area contributed by atoms with Gasteiger partial charge in [-0.15, -0.1) is 0 Å². The molecule has 0 radical (unpaired) electrons. The third kappa shape index (κ3) is 4.02. The Morgan fingerprint density at radius 3 is 2.58 bits per heavy atom. The van der Waals surface area contributed by atoms with E-state index < -0.39 is 34.0 Å². The summed E-state index contributed by atoms with van der Waals surface area (Å²) in [6.07, 6.45) is 0.958. The van der Waals surface area contributed by atoms with E-state index in [1.807, 2.05) is 0 Å². The number of hydrogen-bond acceptors (Lipinski definition) is 5. The number of hydrogen-bond donors (Lipinski definition) is 1. The van der Waals surface area contributed by atoms with Gasteiger partial charge in [-0.05, 0) is 56.9 Å². The highest BCUT2D eigenvalue weighted by atomic mass is 35.5. The van der Waals surface area contributed by atoms with Crippen molar-refractivity contribution < 1.29 is 22.7 Å². The molecule has 0 aromatic heterocycles. The molecule has 0 saturated carbocycles. The van der Waals surface area contributed by atoms with Crippen LogP contribution in [0.5, 0.6) is 0 Å². The van der Waals surface area contributed by atoms with Crippen molar-refractivity contribution in [2.45, 2.75) is 50.6 Å². The predicted octanol–water partition coefficient (Wildman–Crippen LogP) is 1.79. The molecule has 26 heavy (non-hydrogen) atoms. The number of halogens is 1. The Hall–Kier alpha value is -1.64. The van der Waals surface area contributed by atoms with E-state index in [4.69, 9.17) is 11.6 Å². The van der Waals surface area contributed by atoms with Gasteiger partial charge in [0, 0.05) is 11.6 Å². The van der Waals surface area contributed by atoms with Crippen molar-refractivity contribution in [1.82, 2.24) is 9.62 Å². The SMILES string of the molecule is COC(=O)[C@H](C)NC(=O)[C@H]1CCCN1S(=O)(=O)c1cc(C)c(Cl)cc1C. The van der Waals surface area contributed by atoms with Gasteiger partial charge < -0.3 is 10.1 Å². The van der Waals surface area contributed by atoms with E-state index in [1.54, 1.807) is 19.9 Å². The highest BCUT2D eigenvalue weighted by molar-refractivity contribution is 7.89. The van der Waals surface area contributed by atoms with E-state index in [1.165, 1.54) is 24.4 Å². The van der Waals surface area contributed by atoms with Crippen LogP contribution in [0.15, 0.2) is 17.0 Å². The average molecular weight is 403 g/mol. The molecule has 7 nitrogen and oxygen atoms in total. The third-order valence-corrected chi connectivity index (χ3v) is 6.92. The first-order chi connectivity index (χ1) is 12.1. The molecule has 1 heterocycles. The highest BCUT2D eigenvalue weighted by Crippen LogP contribution is 2.30. The molecule has 0 spiro atoms. The summed E-state index contributed by atoms with van der Waals surface area (Å²) in [5, 5.41) is 3.01. The first kappa shape index (κ1) is 20.7. The van der Waals surface area contributed by atoms with E-state index in [2.05, 4.69) is 10.1 Å². The molecule has 2 rings (SSSR count). The average Bonchev–Trinajstić information content (AvgIpc) is 3.07. The monoisotopic (exact) mass is 402 g/mol. The molecule has 9 heteroatoms. The van der Waals surface area contributed by atoms with E-state index in [0.29, 0.717) is 29.0 Å². The molecule has 0 bridgehead atoms. The number of esters is 1. The number of sulfonamides is 1. The Kier molecular flexibility index (Phi) is 6.31. The van der Waals surface area contributed by atoms with Crippen LogP contribution in [0.2, 0.25) is 5.02 Å². The Labute approximate surface area is 158 Å². The smallest absolute Gasteiger partial charge is 0.328 e. The number of amides is 1. The summed E-state index contributed by atoms with van der Waals surface area (Å²) in [5.74, 6) is -1.10. The Morgan fingerprint density at radius 1 is 1.31 bits per heavy atom. The molecule has 1 aromatic carbocycles. The van der Waals surface area contributed by atoms with Gasteiger partial charge in [0.1, 0.15) is 12.1 Å². The summed E-state index contributed by atoms with van der Waals surface area (Å²) in [4.78, 5) is 24.2. The summed E-state index contributed by atoms with van der Waals surface area (Å²) in [6, 6.07) is 1.42. The Bertz CT molecular complexity index is 825. The highest BCUT2D eigenvalue weighted by Gasteiger charge is 2.40. The quantitative estimate of drug-likeness (QED) is 0.758. The minimum absolute atomic E-state index is 0.139. The fraction of sp³-hybridized carbons (Fsp3) is 0.529. The van der Waals surface area contributed by atoms with Crippen LogP contribution < -0.4 is 5.32 Å². The summed E-state index contributed by atoms with van der Waals surface area (Å²) in [5.41, 5.74) is 1.17. The number of benzene rings is 1. The molecule has 2 atom stereocenters. The summed E-state index contributed by atoms with van der Waals surface area (Å²) in [6.45, 7) is 5.13. The van der Waals surface area contributed by atoms with Crippen molar-refractivity contribution in [3.05, 3.63) is 28.3 Å². The second-order valence-corrected chi connectivity index (χ2v) is 8.66. The lowest BCUT2D eigenvalue weighted by atomic mass is 10.2. The van der Waals surface area contributed by atoms with Gasteiger partial charge in [-0.25, -0.2) is 13.2 Å². The molecule has 1 amide bonds. The normalized spacial score (nSPS) is 19.2. The molecule has 1 aromatic rings. The van der Waals surface area contributed by atoms with Crippen LogP contribution in [0.4, 0.5) is 0 Å². The second kappa shape index (κ2) is 7.94. The number of aryl methyl sites for hydroxylation is 2. The van der Waals surface area contributed by atoms with Crippen molar-refractivity contribution in [3.8, 4) is 0 Å². The molecule has 1 aliphatic heterocycles. The molecular formula is C17H23ClN2O5S. The maximum atomic E-state index is 13.1. The number of carbonyl (C=O) groups excluding carboxylic acids is 2. The molecule has 1 aliphatic rings. The van der Waals surface area contributed by atoms with Gasteiger partial charge in [-0.3, -0.25) is 4.79 Å². The number of methoxy groups -OCH3 is 1. The first-order valence-electron chi connectivity index (χ1n) is 8.26. The lowest BCUT2D eigenvalue weighted by molar-refractivity contribution is -0.144. The standard InChI is InChI=1S/C17H23ClN2O5S/c1-10-9-15(11(2)8-13(10)18)26(23,24)20-7-5-6-14(20)16(21)19-12(3)17(22)25-4/h8-9,12,14H,5-7H2,1-4H3,(H,19,21)/t12-,14+/m0/s1. The van der Waals surface area contributed by atoms with Crippen LogP contribution in [-0.4, -0.2) is 50.3 Å². The Morgan fingerprint density at radius 2 is 1.96 bits per heavy atom. The topological polar surface area (TPSA) is 92.8 Å². The lowest BCUT2D eigenvalue weighted by Gasteiger charge is -2.25. The number of ether oxygens (including phenoxy) is 1. The molecule has 144 valence electrons. The van der Waals surface area contributed by atoms with E-state index in [9.17, 15) is 18.0 Å². The summed E-state index contributed by atoms with van der Waals surface area (Å²) >= 11 is 6.06. The van der Waals surface area contributed by atoms with Gasteiger partial charge in [0.15, 0.2) is 0 Å². The summed E-state index contributed by atoms with van der Waals surface area (Å²) < 4.78 is 32.0. The second-order valence-electron chi connectivity index (χ2n) is 6.39. The molecule has 0 unspecified atom stereocenters. The molecular weight excluding hydrogens is 380 g/mol. The van der Waals surface area contributed by atoms with Gasteiger partial charge >= 0.3 is 5.97 Å². The van der Waals surface area contributed by atoms with Crippen LogP contribution in [-0.2, 0) is 24.3 Å². The van der Waals surface area contributed by atoms with Crippen LogP contribution >= 0.6 is 11.6 Å². The maximum absolute atomic E-state index is 13.1. The van der Waals surface area contributed by atoms with Crippen molar-refractivity contribution in [1.29, 1.82) is 0 Å². The van der Waals surface area contributed by atoms with Crippen molar-refractivity contribution in [2.24, 2.45) is 0 Å². The van der Waals surface area contributed by atoms with Gasteiger partial charge in [0.25, 0.3) is 0 Å². The zero-order valence-corrected chi connectivity index (χ0v) is 16.8. The van der Waals surface area contributed by atoms with E-state index in [0.717, 1.165) is 0 Å². The third-order valence-electron chi connectivity index (χ3n) is 4.46. The van der Waals surface area contributed by atoms with Crippen LogP contribution in [0.3, 0.4) is 0 Å². The molecule has 0 aliphatic carbocycles. The lowest BCUT2D eigenvalue weighted by Crippen LogP contribution is -2.50. The summed E-state index contributed by atoms with van der Waals surface area (Å²) in [7, 11) is -2.64. The molecule has 1 N–H and O–H groups in total. The maximum Gasteiger partial charge on any atom is 0.328 e. The van der Waals surface area contributed by atoms with Crippen molar-refractivity contribution in [3.63, 3.8) is 0 Å². The van der Waals surface area contributed by atoms with Gasteiger partial charge in [0.05, 0.1) is 12.0 Å². The van der Waals surface area contributed by atoms with Gasteiger partial charge in [-0.1, -0.05) is 11.6 Å². The number of nitrogens with one attached hydrogen (secondary N) is 1. The zero-order valence-electron chi connectivity index (χ0n) is 15.2. The van der Waals surface area contributed by atoms with Crippen LogP contribution in [0.1, 0.15) is 30.9 Å². The van der Waals surface area contributed by atoms with Gasteiger partial charge in [0.2, 0.25) is 15.9 Å². The van der Waals surface area contributed by atoms with E-state index >= 15 is 0 Å². The fourth-order valence-corrected chi connectivity index (χ4v) is 5.16. The Balaban J connectivity index is 2.30. The molecule has 1 saturated heterocycles. The largest absolute Gasteiger partial charge is 0.467 e. The minimum Gasteiger partial charge on any atom is -0.467 e. The minimum atomic E-state index is -3.87. The van der Waals surface area contributed by atoms with Crippen LogP contribution in [0.25, 0.3) is 0 Å². The zero-order chi connectivity index (χ0) is 19.6. The molecule has 1 fully saturated rings. The first-order valence-corrected chi connectivity index (χ1v) is 10.1. The van der Waals surface area contributed by atoms with Crippen molar-refractivity contribution in [2.75, 3.05) is 13.7 Å². The number of carbonyl (C=O) groups is 2. The van der Waals surface area contributed by atoms with Crippen LogP contribution in [0, 0.1) is 13.8 Å². The van der Waals surface area contributed by atoms with Crippen molar-refractivity contribution >= 4 is 33.5 Å². The van der Waals surface area contributed by atoms with E-state index in [-0.39, 0.29) is 11.4 Å². The fourth-order valence-electron chi connectivity index (χ4n) is 2.99. The number of nitrogens with zero attached hydrogens (tertiary/aromatic N) is 1.